The highest BCUT2D eigenvalue weighted by Gasteiger charge is 2.53. The molecule has 0 aromatic rings. The Labute approximate surface area is 112 Å². The van der Waals surface area contributed by atoms with Crippen molar-refractivity contribution < 1.29 is 4.74 Å². The van der Waals surface area contributed by atoms with Crippen LogP contribution in [0.2, 0.25) is 0 Å². The normalized spacial score (nSPS) is 45.2. The molecule has 18 heavy (non-hydrogen) atoms. The zero-order valence-corrected chi connectivity index (χ0v) is 12.2. The van der Waals surface area contributed by atoms with E-state index in [9.17, 15) is 0 Å². The van der Waals surface area contributed by atoms with Crippen LogP contribution in [-0.4, -0.2) is 25.8 Å². The molecule has 1 N–H and O–H groups in total. The third-order valence-electron chi connectivity index (χ3n) is 5.96. The standard InChI is InChI=1S/C16H29NO/c1-11(10-18-3)17-12(2)16-7-13-4-14(8-16)6-15(5-13)9-16/h11-15,17H,4-10H2,1-3H3. The first-order chi connectivity index (χ1) is 8.61. The Bertz CT molecular complexity index is 266. The van der Waals surface area contributed by atoms with E-state index in [1.54, 1.807) is 26.4 Å². The molecule has 2 nitrogen and oxygen atoms in total. The van der Waals surface area contributed by atoms with E-state index in [0.29, 0.717) is 17.5 Å². The predicted molar refractivity (Wildman–Crippen MR) is 74.5 cm³/mol. The molecule has 0 aromatic carbocycles. The van der Waals surface area contributed by atoms with Crippen LogP contribution in [0.15, 0.2) is 0 Å². The number of nitrogens with one attached hydrogen (secondary N) is 1. The van der Waals surface area contributed by atoms with Gasteiger partial charge in [0.25, 0.3) is 0 Å². The van der Waals surface area contributed by atoms with Crippen molar-refractivity contribution >= 4 is 0 Å². The van der Waals surface area contributed by atoms with E-state index in [4.69, 9.17) is 4.74 Å². The fourth-order valence-electron chi connectivity index (χ4n) is 5.61. The van der Waals surface area contributed by atoms with E-state index in [-0.39, 0.29) is 0 Å². The summed E-state index contributed by atoms with van der Waals surface area (Å²) in [5, 5.41) is 3.81. The van der Waals surface area contributed by atoms with Crippen molar-refractivity contribution in [3.05, 3.63) is 0 Å². The first kappa shape index (κ1) is 12.9. The Balaban J connectivity index is 1.67. The summed E-state index contributed by atoms with van der Waals surface area (Å²) in [7, 11) is 1.80. The van der Waals surface area contributed by atoms with E-state index in [1.807, 2.05) is 0 Å². The lowest BCUT2D eigenvalue weighted by atomic mass is 9.48. The van der Waals surface area contributed by atoms with Crippen LogP contribution in [0.5, 0.6) is 0 Å². The Hall–Kier alpha value is -0.0800. The quantitative estimate of drug-likeness (QED) is 0.810. The average Bonchev–Trinajstić information content (AvgIpc) is 2.27. The van der Waals surface area contributed by atoms with Gasteiger partial charge in [-0.2, -0.15) is 0 Å². The van der Waals surface area contributed by atoms with Gasteiger partial charge in [0.2, 0.25) is 0 Å². The van der Waals surface area contributed by atoms with Gasteiger partial charge in [0.15, 0.2) is 0 Å². The van der Waals surface area contributed by atoms with Gasteiger partial charge in [-0.05, 0) is 75.5 Å². The third-order valence-corrected chi connectivity index (χ3v) is 5.96. The highest BCUT2D eigenvalue weighted by Crippen LogP contribution is 2.61. The van der Waals surface area contributed by atoms with E-state index in [0.717, 1.165) is 24.4 Å². The summed E-state index contributed by atoms with van der Waals surface area (Å²) in [6.45, 7) is 5.51. The summed E-state index contributed by atoms with van der Waals surface area (Å²) in [6, 6.07) is 1.15. The van der Waals surface area contributed by atoms with Gasteiger partial charge in [-0.25, -0.2) is 0 Å². The van der Waals surface area contributed by atoms with Gasteiger partial charge in [-0.15, -0.1) is 0 Å². The van der Waals surface area contributed by atoms with Gasteiger partial charge in [-0.3, -0.25) is 0 Å². The maximum atomic E-state index is 5.26. The first-order valence-electron chi connectivity index (χ1n) is 7.86. The number of methoxy groups -OCH3 is 1. The molecule has 4 rings (SSSR count). The molecule has 4 aliphatic carbocycles. The summed E-state index contributed by atoms with van der Waals surface area (Å²) < 4.78 is 5.26. The highest BCUT2D eigenvalue weighted by molar-refractivity contribution is 5.05. The Morgan fingerprint density at radius 1 is 1.06 bits per heavy atom. The molecule has 4 bridgehead atoms. The molecule has 2 unspecified atom stereocenters. The van der Waals surface area contributed by atoms with Crippen molar-refractivity contribution in [1.82, 2.24) is 5.32 Å². The molecule has 0 aromatic heterocycles. The van der Waals surface area contributed by atoms with Gasteiger partial charge in [0.05, 0.1) is 6.61 Å². The highest BCUT2D eigenvalue weighted by atomic mass is 16.5. The molecule has 0 heterocycles. The van der Waals surface area contributed by atoms with E-state index in [1.165, 1.54) is 19.3 Å². The van der Waals surface area contributed by atoms with Crippen molar-refractivity contribution in [3.8, 4) is 0 Å². The Kier molecular flexibility index (Phi) is 3.44. The number of hydrogen-bond acceptors (Lipinski definition) is 2. The molecule has 0 amide bonds. The minimum atomic E-state index is 0.484. The molecule has 2 atom stereocenters. The Morgan fingerprint density at radius 2 is 1.56 bits per heavy atom. The molecule has 4 aliphatic rings. The zero-order valence-electron chi connectivity index (χ0n) is 12.2. The average molecular weight is 251 g/mol. The minimum Gasteiger partial charge on any atom is -0.383 e. The maximum absolute atomic E-state index is 5.26. The fraction of sp³-hybridized carbons (Fsp3) is 1.00. The molecule has 4 saturated carbocycles. The minimum absolute atomic E-state index is 0.484. The molecule has 4 fully saturated rings. The number of ether oxygens (including phenoxy) is 1. The summed E-state index contributed by atoms with van der Waals surface area (Å²) in [5.74, 6) is 3.16. The second kappa shape index (κ2) is 4.79. The van der Waals surface area contributed by atoms with Gasteiger partial charge in [-0.1, -0.05) is 0 Å². The summed E-state index contributed by atoms with van der Waals surface area (Å²) in [5.41, 5.74) is 0.622. The van der Waals surface area contributed by atoms with Crippen molar-refractivity contribution in [2.75, 3.05) is 13.7 Å². The van der Waals surface area contributed by atoms with E-state index in [2.05, 4.69) is 19.2 Å². The van der Waals surface area contributed by atoms with Crippen LogP contribution < -0.4 is 5.32 Å². The van der Waals surface area contributed by atoms with Crippen LogP contribution in [0.25, 0.3) is 0 Å². The van der Waals surface area contributed by atoms with Crippen molar-refractivity contribution in [2.24, 2.45) is 23.2 Å². The lowest BCUT2D eigenvalue weighted by molar-refractivity contribution is -0.0729. The first-order valence-corrected chi connectivity index (χ1v) is 7.86. The SMILES string of the molecule is COCC(C)NC(C)C12CC3CC(CC(C3)C1)C2. The van der Waals surface area contributed by atoms with E-state index >= 15 is 0 Å². The summed E-state index contributed by atoms with van der Waals surface area (Å²) in [4.78, 5) is 0. The lowest BCUT2D eigenvalue weighted by Gasteiger charge is -2.59. The monoisotopic (exact) mass is 251 g/mol. The Morgan fingerprint density at radius 3 is 2.00 bits per heavy atom. The lowest BCUT2D eigenvalue weighted by Crippen LogP contribution is -2.56. The van der Waals surface area contributed by atoms with Crippen LogP contribution in [0.1, 0.15) is 52.4 Å². The van der Waals surface area contributed by atoms with Crippen LogP contribution in [0.3, 0.4) is 0 Å². The molecule has 2 heteroatoms. The second-order valence-electron chi connectivity index (χ2n) is 7.52. The maximum Gasteiger partial charge on any atom is 0.0613 e. The molecule has 0 spiro atoms. The zero-order chi connectivity index (χ0) is 12.8. The fourth-order valence-corrected chi connectivity index (χ4v) is 5.61. The number of hydrogen-bond donors (Lipinski definition) is 1. The van der Waals surface area contributed by atoms with Crippen molar-refractivity contribution in [1.29, 1.82) is 0 Å². The predicted octanol–water partition coefficient (Wildman–Crippen LogP) is 3.22. The summed E-state index contributed by atoms with van der Waals surface area (Å²) in [6.07, 6.45) is 9.10. The van der Waals surface area contributed by atoms with Crippen molar-refractivity contribution in [3.63, 3.8) is 0 Å². The molecule has 104 valence electrons. The van der Waals surface area contributed by atoms with Crippen LogP contribution in [0, 0.1) is 23.2 Å². The third kappa shape index (κ3) is 2.22. The largest absolute Gasteiger partial charge is 0.383 e. The topological polar surface area (TPSA) is 21.3 Å². The van der Waals surface area contributed by atoms with Gasteiger partial charge in [0.1, 0.15) is 0 Å². The number of rotatable bonds is 5. The van der Waals surface area contributed by atoms with Gasteiger partial charge in [0, 0.05) is 19.2 Å². The molecular weight excluding hydrogens is 222 g/mol. The van der Waals surface area contributed by atoms with Gasteiger partial charge >= 0.3 is 0 Å². The van der Waals surface area contributed by atoms with Crippen LogP contribution >= 0.6 is 0 Å². The summed E-state index contributed by atoms with van der Waals surface area (Å²) >= 11 is 0. The van der Waals surface area contributed by atoms with Crippen LogP contribution in [-0.2, 0) is 4.74 Å². The molecule has 0 radical (unpaired) electrons. The van der Waals surface area contributed by atoms with Gasteiger partial charge < -0.3 is 10.1 Å². The second-order valence-corrected chi connectivity index (χ2v) is 7.52. The molecular formula is C16H29NO. The smallest absolute Gasteiger partial charge is 0.0613 e. The van der Waals surface area contributed by atoms with Crippen molar-refractivity contribution in [2.45, 2.75) is 64.5 Å². The van der Waals surface area contributed by atoms with Crippen LogP contribution in [0.4, 0.5) is 0 Å². The molecule has 0 saturated heterocycles. The van der Waals surface area contributed by atoms with E-state index < -0.39 is 0 Å². The molecule has 0 aliphatic heterocycles.